The summed E-state index contributed by atoms with van der Waals surface area (Å²) in [4.78, 5) is 0. The summed E-state index contributed by atoms with van der Waals surface area (Å²) >= 11 is 0. The molecule has 1 saturated carbocycles. The molecular weight excluding hydrogens is 124 g/mol. The highest BCUT2D eigenvalue weighted by Gasteiger charge is 2.31. The first-order chi connectivity index (χ1) is 4.61. The smallest absolute Gasteiger partial charge is 0.0545 e. The fourth-order valence-electron chi connectivity index (χ4n) is 2.18. The Kier molecular flexibility index (Phi) is 2.35. The van der Waals surface area contributed by atoms with Crippen molar-refractivity contribution in [1.82, 2.24) is 0 Å². The molecule has 0 aliphatic heterocycles. The van der Waals surface area contributed by atoms with Crippen molar-refractivity contribution in [1.29, 1.82) is 0 Å². The van der Waals surface area contributed by atoms with E-state index < -0.39 is 0 Å². The molecule has 1 rings (SSSR count). The Morgan fingerprint density at radius 3 is 2.10 bits per heavy atom. The third-order valence-electron chi connectivity index (χ3n) is 2.78. The maximum absolute atomic E-state index is 9.32. The third kappa shape index (κ3) is 1.51. The normalized spacial score (nSPS) is 41.1. The largest absolute Gasteiger partial charge is 0.393 e. The van der Waals surface area contributed by atoms with Crippen LogP contribution in [-0.2, 0) is 0 Å². The van der Waals surface area contributed by atoms with Gasteiger partial charge in [-0.2, -0.15) is 0 Å². The topological polar surface area (TPSA) is 20.2 Å². The van der Waals surface area contributed by atoms with Gasteiger partial charge in [0, 0.05) is 0 Å². The van der Waals surface area contributed by atoms with E-state index in [1.165, 1.54) is 0 Å². The average Bonchev–Trinajstić information content (AvgIpc) is 2.10. The van der Waals surface area contributed by atoms with Crippen LogP contribution < -0.4 is 0 Å². The highest BCUT2D eigenvalue weighted by molar-refractivity contribution is 4.82. The van der Waals surface area contributed by atoms with Crippen LogP contribution in [0.5, 0.6) is 0 Å². The summed E-state index contributed by atoms with van der Waals surface area (Å²) in [6.45, 7) is 6.75. The number of hydrogen-bond acceptors (Lipinski definition) is 1. The van der Waals surface area contributed by atoms with Gasteiger partial charge in [-0.25, -0.2) is 0 Å². The minimum Gasteiger partial charge on any atom is -0.393 e. The van der Waals surface area contributed by atoms with Crippen molar-refractivity contribution >= 4 is 0 Å². The molecule has 0 amide bonds. The monoisotopic (exact) mass is 142 g/mol. The van der Waals surface area contributed by atoms with E-state index in [1.54, 1.807) is 0 Å². The summed E-state index contributed by atoms with van der Waals surface area (Å²) in [6, 6.07) is 0. The third-order valence-corrected chi connectivity index (χ3v) is 2.78. The Morgan fingerprint density at radius 1 is 1.30 bits per heavy atom. The van der Waals surface area contributed by atoms with Crippen LogP contribution in [-0.4, -0.2) is 11.2 Å². The van der Waals surface area contributed by atoms with Gasteiger partial charge in [0.2, 0.25) is 0 Å². The fraction of sp³-hybridized carbons (Fsp3) is 1.00. The van der Waals surface area contributed by atoms with Crippen molar-refractivity contribution in [2.75, 3.05) is 0 Å². The van der Waals surface area contributed by atoms with E-state index in [9.17, 15) is 5.11 Å². The quantitative estimate of drug-likeness (QED) is 0.594. The second-order valence-corrected chi connectivity index (χ2v) is 4.01. The highest BCUT2D eigenvalue weighted by atomic mass is 16.3. The molecule has 1 aliphatic rings. The van der Waals surface area contributed by atoms with E-state index >= 15 is 0 Å². The zero-order valence-electron chi connectivity index (χ0n) is 7.17. The molecule has 0 aromatic carbocycles. The van der Waals surface area contributed by atoms with Crippen molar-refractivity contribution in [2.24, 2.45) is 17.8 Å². The van der Waals surface area contributed by atoms with Gasteiger partial charge in [0.1, 0.15) is 0 Å². The van der Waals surface area contributed by atoms with E-state index in [1.807, 2.05) is 0 Å². The van der Waals surface area contributed by atoms with Gasteiger partial charge in [-0.1, -0.05) is 20.8 Å². The first-order valence-electron chi connectivity index (χ1n) is 4.29. The Labute approximate surface area is 63.4 Å². The minimum absolute atomic E-state index is 0.0117. The lowest BCUT2D eigenvalue weighted by atomic mass is 9.87. The molecule has 0 bridgehead atoms. The molecular formula is C9H18O. The molecule has 0 aromatic heterocycles. The zero-order chi connectivity index (χ0) is 7.72. The average molecular weight is 142 g/mol. The summed E-state index contributed by atoms with van der Waals surface area (Å²) in [5.41, 5.74) is 0. The maximum Gasteiger partial charge on any atom is 0.0545 e. The molecule has 0 saturated heterocycles. The summed E-state index contributed by atoms with van der Waals surface area (Å²) in [5.74, 6) is 2.23. The van der Waals surface area contributed by atoms with Gasteiger partial charge in [-0.15, -0.1) is 0 Å². The Bertz CT molecular complexity index is 109. The maximum atomic E-state index is 9.32. The summed E-state index contributed by atoms with van der Waals surface area (Å²) in [7, 11) is 0. The minimum atomic E-state index is -0.0117. The molecule has 3 atom stereocenters. The molecule has 1 aliphatic carbocycles. The molecule has 0 aromatic rings. The highest BCUT2D eigenvalue weighted by Crippen LogP contribution is 2.36. The SMILES string of the molecule is CC(C)C1CC(O)CC1C. The van der Waals surface area contributed by atoms with Crippen molar-refractivity contribution < 1.29 is 5.11 Å². The molecule has 1 fully saturated rings. The van der Waals surface area contributed by atoms with Gasteiger partial charge in [0.25, 0.3) is 0 Å². The first-order valence-corrected chi connectivity index (χ1v) is 4.29. The van der Waals surface area contributed by atoms with E-state index in [-0.39, 0.29) is 6.10 Å². The van der Waals surface area contributed by atoms with Crippen LogP contribution in [0.25, 0.3) is 0 Å². The molecule has 60 valence electrons. The summed E-state index contributed by atoms with van der Waals surface area (Å²) in [6.07, 6.45) is 2.03. The molecule has 1 heteroatoms. The molecule has 0 radical (unpaired) electrons. The van der Waals surface area contributed by atoms with Crippen LogP contribution >= 0.6 is 0 Å². The number of hydrogen-bond donors (Lipinski definition) is 1. The fourth-order valence-corrected chi connectivity index (χ4v) is 2.18. The summed E-state index contributed by atoms with van der Waals surface area (Å²) in [5, 5.41) is 9.32. The number of aliphatic hydroxyl groups is 1. The molecule has 0 heterocycles. The molecule has 3 unspecified atom stereocenters. The van der Waals surface area contributed by atoms with Crippen LogP contribution in [0.3, 0.4) is 0 Å². The van der Waals surface area contributed by atoms with Gasteiger partial charge in [0.05, 0.1) is 6.10 Å². The molecule has 1 N–H and O–H groups in total. The lowest BCUT2D eigenvalue weighted by molar-refractivity contribution is 0.172. The van der Waals surface area contributed by atoms with Gasteiger partial charge >= 0.3 is 0 Å². The van der Waals surface area contributed by atoms with Crippen LogP contribution in [0.2, 0.25) is 0 Å². The van der Waals surface area contributed by atoms with Crippen molar-refractivity contribution in [3.63, 3.8) is 0 Å². The van der Waals surface area contributed by atoms with E-state index in [2.05, 4.69) is 20.8 Å². The van der Waals surface area contributed by atoms with Crippen LogP contribution in [0.15, 0.2) is 0 Å². The van der Waals surface area contributed by atoms with Gasteiger partial charge in [0.15, 0.2) is 0 Å². The van der Waals surface area contributed by atoms with Crippen LogP contribution in [0.4, 0.5) is 0 Å². The van der Waals surface area contributed by atoms with E-state index in [4.69, 9.17) is 0 Å². The van der Waals surface area contributed by atoms with E-state index in [0.29, 0.717) is 0 Å². The zero-order valence-corrected chi connectivity index (χ0v) is 7.17. The Hall–Kier alpha value is -0.0400. The van der Waals surface area contributed by atoms with Crippen molar-refractivity contribution in [3.8, 4) is 0 Å². The van der Waals surface area contributed by atoms with Crippen molar-refractivity contribution in [2.45, 2.75) is 39.7 Å². The van der Waals surface area contributed by atoms with Gasteiger partial charge in [-0.05, 0) is 30.6 Å². The lowest BCUT2D eigenvalue weighted by Crippen LogP contribution is -2.11. The Morgan fingerprint density at radius 2 is 1.90 bits per heavy atom. The Balaban J connectivity index is 2.46. The first kappa shape index (κ1) is 8.06. The second kappa shape index (κ2) is 2.91. The molecule has 1 nitrogen and oxygen atoms in total. The predicted octanol–water partition coefficient (Wildman–Crippen LogP) is 2.05. The number of aliphatic hydroxyl groups excluding tert-OH is 1. The van der Waals surface area contributed by atoms with Crippen LogP contribution in [0.1, 0.15) is 33.6 Å². The molecule has 0 spiro atoms. The predicted molar refractivity (Wildman–Crippen MR) is 42.7 cm³/mol. The van der Waals surface area contributed by atoms with Gasteiger partial charge < -0.3 is 5.11 Å². The number of rotatable bonds is 1. The standard InChI is InChI=1S/C9H18O/c1-6(2)9-5-8(10)4-7(9)3/h6-10H,4-5H2,1-3H3. The van der Waals surface area contributed by atoms with Gasteiger partial charge in [-0.3, -0.25) is 0 Å². The summed E-state index contributed by atoms with van der Waals surface area (Å²) < 4.78 is 0. The lowest BCUT2D eigenvalue weighted by Gasteiger charge is -2.18. The van der Waals surface area contributed by atoms with Crippen molar-refractivity contribution in [3.05, 3.63) is 0 Å². The second-order valence-electron chi connectivity index (χ2n) is 4.01. The van der Waals surface area contributed by atoms with Crippen LogP contribution in [0, 0.1) is 17.8 Å². The molecule has 10 heavy (non-hydrogen) atoms. The van der Waals surface area contributed by atoms with E-state index in [0.717, 1.165) is 30.6 Å².